The Balaban J connectivity index is 2.03. The molecule has 3 rings (SSSR count). The summed E-state index contributed by atoms with van der Waals surface area (Å²) in [6.07, 6.45) is 8.42. The predicted octanol–water partition coefficient (Wildman–Crippen LogP) is 0.789. The fourth-order valence-corrected chi connectivity index (χ4v) is 1.69. The van der Waals surface area contributed by atoms with Crippen LogP contribution in [0, 0.1) is 0 Å². The average Bonchev–Trinajstić information content (AvgIpc) is 2.72. The lowest BCUT2D eigenvalue weighted by atomic mass is 10.2. The quantitative estimate of drug-likeness (QED) is 0.497. The lowest BCUT2D eigenvalue weighted by molar-refractivity contribution is 0.418. The molecule has 0 amide bonds. The van der Waals surface area contributed by atoms with Crippen LogP contribution in [0.2, 0.25) is 0 Å². The van der Waals surface area contributed by atoms with Crippen LogP contribution in [0.5, 0.6) is 0 Å². The number of guanidine groups is 1. The summed E-state index contributed by atoms with van der Waals surface area (Å²) < 4.78 is 0. The Morgan fingerprint density at radius 3 is 3.18 bits per heavy atom. The maximum atomic E-state index is 4.37. The van der Waals surface area contributed by atoms with E-state index in [2.05, 4.69) is 21.1 Å². The van der Waals surface area contributed by atoms with Crippen molar-refractivity contribution in [3.8, 4) is 0 Å². The van der Waals surface area contributed by atoms with Gasteiger partial charge >= 0.3 is 0 Å². The van der Waals surface area contributed by atoms with Crippen molar-refractivity contribution in [3.63, 3.8) is 0 Å². The Morgan fingerprint density at radius 2 is 2.36 bits per heavy atom. The van der Waals surface area contributed by atoms with E-state index in [4.69, 9.17) is 0 Å². The van der Waals surface area contributed by atoms with Crippen molar-refractivity contribution in [2.75, 3.05) is 6.54 Å². The third-order valence-corrected chi connectivity index (χ3v) is 2.58. The number of fused-ring (bicyclic) bond motifs is 2. The first-order chi connectivity index (χ1) is 5.41. The first-order valence-corrected chi connectivity index (χ1v) is 3.95. The molecule has 0 aromatic carbocycles. The molecular weight excluding hydrogens is 138 g/mol. The van der Waals surface area contributed by atoms with Crippen LogP contribution in [-0.2, 0) is 0 Å². The van der Waals surface area contributed by atoms with Crippen LogP contribution < -0.4 is 0 Å². The molecular formula is C8H9N3. The second-order valence-corrected chi connectivity index (χ2v) is 3.33. The van der Waals surface area contributed by atoms with Gasteiger partial charge in [-0.1, -0.05) is 0 Å². The zero-order chi connectivity index (χ0) is 7.31. The largest absolute Gasteiger partial charge is 0.309 e. The maximum Gasteiger partial charge on any atom is 0.225 e. The second kappa shape index (κ2) is 1.55. The minimum atomic E-state index is 0.365. The first kappa shape index (κ1) is 5.52. The van der Waals surface area contributed by atoms with Gasteiger partial charge in [0.2, 0.25) is 5.96 Å². The van der Waals surface area contributed by atoms with E-state index < -0.39 is 0 Å². The Bertz CT molecular complexity index is 284. The second-order valence-electron chi connectivity index (χ2n) is 3.33. The first-order valence-electron chi connectivity index (χ1n) is 3.95. The van der Waals surface area contributed by atoms with Gasteiger partial charge < -0.3 is 4.90 Å². The van der Waals surface area contributed by atoms with Crippen LogP contribution >= 0.6 is 0 Å². The SMILES string of the molecule is C1=CN2C(=NCC23CC3)N=C1. The molecule has 0 radical (unpaired) electrons. The highest BCUT2D eigenvalue weighted by atomic mass is 15.4. The van der Waals surface area contributed by atoms with E-state index in [1.54, 1.807) is 6.21 Å². The lowest BCUT2D eigenvalue weighted by Gasteiger charge is -2.22. The van der Waals surface area contributed by atoms with E-state index in [1.165, 1.54) is 12.8 Å². The van der Waals surface area contributed by atoms with Gasteiger partial charge in [0.05, 0.1) is 12.1 Å². The summed E-state index contributed by atoms with van der Waals surface area (Å²) in [6, 6.07) is 0. The van der Waals surface area contributed by atoms with Gasteiger partial charge in [0.1, 0.15) is 0 Å². The number of hydrogen-bond donors (Lipinski definition) is 0. The van der Waals surface area contributed by atoms with Crippen molar-refractivity contribution >= 4 is 12.2 Å². The minimum Gasteiger partial charge on any atom is -0.309 e. The fraction of sp³-hybridized carbons (Fsp3) is 0.500. The van der Waals surface area contributed by atoms with Crippen LogP contribution in [0.3, 0.4) is 0 Å². The third-order valence-electron chi connectivity index (χ3n) is 2.58. The summed E-state index contributed by atoms with van der Waals surface area (Å²) in [5.74, 6) is 0.907. The Hall–Kier alpha value is -1.12. The molecule has 3 nitrogen and oxygen atoms in total. The summed E-state index contributed by atoms with van der Waals surface area (Å²) in [5.41, 5.74) is 0.365. The highest BCUT2D eigenvalue weighted by Gasteiger charge is 2.52. The molecule has 2 heterocycles. The molecule has 3 aliphatic rings. The van der Waals surface area contributed by atoms with Crippen molar-refractivity contribution in [1.29, 1.82) is 0 Å². The lowest BCUT2D eigenvalue weighted by Crippen LogP contribution is -2.34. The van der Waals surface area contributed by atoms with E-state index in [0.717, 1.165) is 12.5 Å². The molecule has 56 valence electrons. The number of nitrogens with zero attached hydrogens (tertiary/aromatic N) is 3. The highest BCUT2D eigenvalue weighted by molar-refractivity contribution is 5.96. The fourth-order valence-electron chi connectivity index (χ4n) is 1.69. The Morgan fingerprint density at radius 1 is 1.45 bits per heavy atom. The molecule has 0 saturated heterocycles. The smallest absolute Gasteiger partial charge is 0.225 e. The van der Waals surface area contributed by atoms with E-state index >= 15 is 0 Å². The van der Waals surface area contributed by atoms with Gasteiger partial charge in [0.25, 0.3) is 0 Å². The number of allylic oxidation sites excluding steroid dienone is 1. The minimum absolute atomic E-state index is 0.365. The third kappa shape index (κ3) is 0.582. The predicted molar refractivity (Wildman–Crippen MR) is 43.7 cm³/mol. The van der Waals surface area contributed by atoms with Gasteiger partial charge in [0, 0.05) is 12.4 Å². The van der Waals surface area contributed by atoms with Crippen LogP contribution in [0.1, 0.15) is 12.8 Å². The van der Waals surface area contributed by atoms with E-state index in [-0.39, 0.29) is 0 Å². The summed E-state index contributed by atoms with van der Waals surface area (Å²) >= 11 is 0. The molecule has 1 spiro atoms. The van der Waals surface area contributed by atoms with Gasteiger partial charge in [-0.2, -0.15) is 0 Å². The summed E-state index contributed by atoms with van der Waals surface area (Å²) in [5, 5.41) is 0. The van der Waals surface area contributed by atoms with Crippen molar-refractivity contribution in [2.24, 2.45) is 9.98 Å². The molecule has 0 bridgehead atoms. The maximum absolute atomic E-state index is 4.37. The van der Waals surface area contributed by atoms with Crippen LogP contribution in [0.4, 0.5) is 0 Å². The summed E-state index contributed by atoms with van der Waals surface area (Å²) in [6.45, 7) is 0.948. The van der Waals surface area contributed by atoms with Crippen molar-refractivity contribution in [2.45, 2.75) is 18.4 Å². The number of aliphatic imine (C=N–C) groups is 2. The van der Waals surface area contributed by atoms with Gasteiger partial charge in [-0.3, -0.25) is 0 Å². The monoisotopic (exact) mass is 147 g/mol. The molecule has 0 N–H and O–H groups in total. The molecule has 0 aromatic rings. The molecule has 1 aliphatic carbocycles. The summed E-state index contributed by atoms with van der Waals surface area (Å²) in [4.78, 5) is 10.8. The van der Waals surface area contributed by atoms with Crippen LogP contribution in [-0.4, -0.2) is 29.2 Å². The van der Waals surface area contributed by atoms with Gasteiger partial charge in [-0.15, -0.1) is 0 Å². The van der Waals surface area contributed by atoms with Crippen molar-refractivity contribution < 1.29 is 0 Å². The molecule has 1 saturated carbocycles. The van der Waals surface area contributed by atoms with Crippen molar-refractivity contribution in [3.05, 3.63) is 12.3 Å². The average molecular weight is 147 g/mol. The molecule has 0 aromatic heterocycles. The molecule has 0 atom stereocenters. The molecule has 3 heteroatoms. The molecule has 1 fully saturated rings. The highest BCUT2D eigenvalue weighted by Crippen LogP contribution is 2.45. The van der Waals surface area contributed by atoms with Gasteiger partial charge in [0.15, 0.2) is 0 Å². The zero-order valence-corrected chi connectivity index (χ0v) is 6.20. The normalized spacial score (nSPS) is 29.1. The Kier molecular flexibility index (Phi) is 0.776. The van der Waals surface area contributed by atoms with E-state index in [1.807, 2.05) is 6.08 Å². The van der Waals surface area contributed by atoms with E-state index in [9.17, 15) is 0 Å². The van der Waals surface area contributed by atoms with E-state index in [0.29, 0.717) is 5.54 Å². The van der Waals surface area contributed by atoms with Crippen molar-refractivity contribution in [1.82, 2.24) is 4.90 Å². The molecule has 2 aliphatic heterocycles. The molecule has 0 unspecified atom stereocenters. The zero-order valence-electron chi connectivity index (χ0n) is 6.20. The number of hydrogen-bond acceptors (Lipinski definition) is 3. The topological polar surface area (TPSA) is 28.0 Å². The van der Waals surface area contributed by atoms with Gasteiger partial charge in [-0.25, -0.2) is 9.98 Å². The molecule has 11 heavy (non-hydrogen) atoms. The van der Waals surface area contributed by atoms with Gasteiger partial charge in [-0.05, 0) is 18.9 Å². The number of rotatable bonds is 0. The van der Waals surface area contributed by atoms with Crippen LogP contribution in [0.15, 0.2) is 22.3 Å². The summed E-state index contributed by atoms with van der Waals surface area (Å²) in [7, 11) is 0. The Labute approximate surface area is 65.1 Å². The standard InChI is InChI=1S/C8H9N3/c1-4-9-7-10-6-8(2-3-8)11(7)5-1/h1,4-5H,2-3,6H2. The van der Waals surface area contributed by atoms with Crippen LogP contribution in [0.25, 0.3) is 0 Å².